The first-order chi connectivity index (χ1) is 11.5. The summed E-state index contributed by atoms with van der Waals surface area (Å²) < 4.78 is 10.5. The molecular formula is C19H22N2O3. The second kappa shape index (κ2) is 8.15. The molecule has 2 rings (SSSR count). The van der Waals surface area contributed by atoms with Crippen LogP contribution in [0.4, 0.5) is 0 Å². The molecule has 0 atom stereocenters. The van der Waals surface area contributed by atoms with Gasteiger partial charge in [0, 0.05) is 17.7 Å². The molecule has 126 valence electrons. The first kappa shape index (κ1) is 17.5. The minimum absolute atomic E-state index is 0.221. The molecule has 0 saturated carbocycles. The van der Waals surface area contributed by atoms with E-state index >= 15 is 0 Å². The van der Waals surface area contributed by atoms with Gasteiger partial charge in [-0.2, -0.15) is 5.10 Å². The van der Waals surface area contributed by atoms with Gasteiger partial charge in [-0.05, 0) is 43.7 Å². The van der Waals surface area contributed by atoms with Crippen LogP contribution in [0.2, 0.25) is 0 Å². The normalized spacial score (nSPS) is 11.1. The largest absolute Gasteiger partial charge is 0.493 e. The van der Waals surface area contributed by atoms with E-state index in [0.29, 0.717) is 23.5 Å². The van der Waals surface area contributed by atoms with Crippen molar-refractivity contribution in [3.8, 4) is 11.5 Å². The predicted octanol–water partition coefficient (Wildman–Crippen LogP) is 3.36. The molecule has 0 spiro atoms. The van der Waals surface area contributed by atoms with Crippen molar-refractivity contribution in [2.45, 2.75) is 20.3 Å². The van der Waals surface area contributed by atoms with Crippen molar-refractivity contribution in [2.24, 2.45) is 5.10 Å². The van der Waals surface area contributed by atoms with Crippen molar-refractivity contribution in [1.29, 1.82) is 0 Å². The molecule has 1 N–H and O–H groups in total. The number of carbonyl (C=O) groups excluding carboxylic acids is 1. The minimum Gasteiger partial charge on any atom is -0.493 e. The maximum atomic E-state index is 12.0. The Bertz CT molecular complexity index is 737. The highest BCUT2D eigenvalue weighted by Gasteiger charge is 2.07. The molecule has 0 unspecified atom stereocenters. The molecule has 1 amide bonds. The Morgan fingerprint density at radius 3 is 2.33 bits per heavy atom. The highest BCUT2D eigenvalue weighted by molar-refractivity contribution is 5.95. The van der Waals surface area contributed by atoms with Crippen molar-refractivity contribution in [3.63, 3.8) is 0 Å². The number of methoxy groups -OCH3 is 2. The Hall–Kier alpha value is -2.82. The zero-order valence-corrected chi connectivity index (χ0v) is 14.4. The lowest BCUT2D eigenvalue weighted by molar-refractivity contribution is 0.0954. The van der Waals surface area contributed by atoms with E-state index in [0.717, 1.165) is 16.8 Å². The second-order valence-corrected chi connectivity index (χ2v) is 5.52. The van der Waals surface area contributed by atoms with Crippen LogP contribution in [0.1, 0.15) is 28.4 Å². The van der Waals surface area contributed by atoms with E-state index in [2.05, 4.69) is 10.5 Å². The molecule has 0 aliphatic heterocycles. The molecule has 0 bridgehead atoms. The number of rotatable bonds is 6. The van der Waals surface area contributed by atoms with Crippen LogP contribution in [0.3, 0.4) is 0 Å². The number of benzene rings is 2. The number of amides is 1. The monoisotopic (exact) mass is 326 g/mol. The zero-order chi connectivity index (χ0) is 17.5. The Labute approximate surface area is 142 Å². The fraction of sp³-hybridized carbons (Fsp3) is 0.263. The summed E-state index contributed by atoms with van der Waals surface area (Å²) in [5.41, 5.74) is 6.10. The number of aryl methyl sites for hydroxylation is 1. The fourth-order valence-corrected chi connectivity index (χ4v) is 2.24. The van der Waals surface area contributed by atoms with Gasteiger partial charge in [0.1, 0.15) is 0 Å². The zero-order valence-electron chi connectivity index (χ0n) is 14.4. The lowest BCUT2D eigenvalue weighted by atomic mass is 10.1. The van der Waals surface area contributed by atoms with Gasteiger partial charge in [0.2, 0.25) is 0 Å². The number of nitrogens with zero attached hydrogens (tertiary/aromatic N) is 1. The van der Waals surface area contributed by atoms with E-state index in [1.807, 2.05) is 44.2 Å². The summed E-state index contributed by atoms with van der Waals surface area (Å²) in [5, 5.41) is 4.16. The van der Waals surface area contributed by atoms with E-state index in [4.69, 9.17) is 9.47 Å². The van der Waals surface area contributed by atoms with E-state index in [9.17, 15) is 4.79 Å². The van der Waals surface area contributed by atoms with Gasteiger partial charge in [-0.25, -0.2) is 5.43 Å². The number of ether oxygens (including phenoxy) is 2. The number of carbonyl (C=O) groups is 1. The molecule has 24 heavy (non-hydrogen) atoms. The molecule has 0 saturated heterocycles. The Morgan fingerprint density at radius 1 is 1.04 bits per heavy atom. The topological polar surface area (TPSA) is 59.9 Å². The third-order valence-electron chi connectivity index (χ3n) is 3.57. The molecule has 0 radical (unpaired) electrons. The molecule has 5 heteroatoms. The Balaban J connectivity index is 2.01. The average Bonchev–Trinajstić information content (AvgIpc) is 2.60. The van der Waals surface area contributed by atoms with Crippen LogP contribution >= 0.6 is 0 Å². The van der Waals surface area contributed by atoms with Crippen LogP contribution in [0.15, 0.2) is 47.6 Å². The Morgan fingerprint density at radius 2 is 1.71 bits per heavy atom. The highest BCUT2D eigenvalue weighted by atomic mass is 16.5. The fourth-order valence-electron chi connectivity index (χ4n) is 2.24. The van der Waals surface area contributed by atoms with Crippen molar-refractivity contribution < 1.29 is 14.3 Å². The lowest BCUT2D eigenvalue weighted by Crippen LogP contribution is -2.19. The van der Waals surface area contributed by atoms with E-state index < -0.39 is 0 Å². The van der Waals surface area contributed by atoms with E-state index in [1.165, 1.54) is 0 Å². The van der Waals surface area contributed by atoms with Gasteiger partial charge in [-0.3, -0.25) is 4.79 Å². The van der Waals surface area contributed by atoms with Crippen LogP contribution in [0, 0.1) is 6.92 Å². The molecule has 0 fully saturated rings. The van der Waals surface area contributed by atoms with Crippen molar-refractivity contribution >= 4 is 11.6 Å². The molecular weight excluding hydrogens is 304 g/mol. The molecule has 2 aromatic rings. The number of nitrogens with one attached hydrogen (secondary N) is 1. The number of hydrogen-bond acceptors (Lipinski definition) is 4. The predicted molar refractivity (Wildman–Crippen MR) is 95.0 cm³/mol. The first-order valence-corrected chi connectivity index (χ1v) is 7.64. The van der Waals surface area contributed by atoms with E-state index in [-0.39, 0.29) is 5.91 Å². The summed E-state index contributed by atoms with van der Waals surface area (Å²) in [7, 11) is 3.20. The summed E-state index contributed by atoms with van der Waals surface area (Å²) in [6.07, 6.45) is 0.606. The quantitative estimate of drug-likeness (QED) is 0.654. The third-order valence-corrected chi connectivity index (χ3v) is 3.57. The summed E-state index contributed by atoms with van der Waals surface area (Å²) in [6, 6.07) is 13.1. The van der Waals surface area contributed by atoms with Crippen LogP contribution in [-0.4, -0.2) is 25.8 Å². The van der Waals surface area contributed by atoms with Crippen molar-refractivity contribution in [2.75, 3.05) is 14.2 Å². The smallest absolute Gasteiger partial charge is 0.271 e. The average molecular weight is 326 g/mol. The van der Waals surface area contributed by atoms with E-state index in [1.54, 1.807) is 26.4 Å². The summed E-state index contributed by atoms with van der Waals surface area (Å²) in [6.45, 7) is 3.85. The number of hydrazone groups is 1. The molecule has 5 nitrogen and oxygen atoms in total. The molecule has 0 aliphatic carbocycles. The summed E-state index contributed by atoms with van der Waals surface area (Å²) in [5.74, 6) is 1.14. The molecule has 0 heterocycles. The second-order valence-electron chi connectivity index (χ2n) is 5.52. The maximum absolute atomic E-state index is 12.0. The van der Waals surface area contributed by atoms with Crippen LogP contribution < -0.4 is 14.9 Å². The van der Waals surface area contributed by atoms with Crippen LogP contribution in [-0.2, 0) is 6.42 Å². The van der Waals surface area contributed by atoms with Crippen molar-refractivity contribution in [1.82, 2.24) is 5.43 Å². The van der Waals surface area contributed by atoms with Gasteiger partial charge in [0.15, 0.2) is 11.5 Å². The van der Waals surface area contributed by atoms with Gasteiger partial charge >= 0.3 is 0 Å². The van der Waals surface area contributed by atoms with Crippen LogP contribution in [0.25, 0.3) is 0 Å². The van der Waals surface area contributed by atoms with Crippen LogP contribution in [0.5, 0.6) is 11.5 Å². The van der Waals surface area contributed by atoms with Gasteiger partial charge in [0.25, 0.3) is 5.91 Å². The first-order valence-electron chi connectivity index (χ1n) is 7.64. The SMILES string of the molecule is COc1ccc(C/C(C)=N\NC(=O)c2ccc(C)cc2)cc1OC. The van der Waals surface area contributed by atoms with Gasteiger partial charge in [-0.1, -0.05) is 23.8 Å². The highest BCUT2D eigenvalue weighted by Crippen LogP contribution is 2.27. The number of hydrogen-bond donors (Lipinski definition) is 1. The maximum Gasteiger partial charge on any atom is 0.271 e. The van der Waals surface area contributed by atoms with Gasteiger partial charge in [-0.15, -0.1) is 0 Å². The summed E-state index contributed by atoms with van der Waals surface area (Å²) >= 11 is 0. The molecule has 2 aromatic carbocycles. The minimum atomic E-state index is -0.221. The van der Waals surface area contributed by atoms with Crippen molar-refractivity contribution in [3.05, 3.63) is 59.2 Å². The van der Waals surface area contributed by atoms with Gasteiger partial charge < -0.3 is 9.47 Å². The standard InChI is InChI=1S/C19H22N2O3/c1-13-5-8-16(9-6-13)19(22)21-20-14(2)11-15-7-10-17(23-3)18(12-15)24-4/h5-10,12H,11H2,1-4H3,(H,21,22)/b20-14-. The van der Waals surface area contributed by atoms with Gasteiger partial charge in [0.05, 0.1) is 14.2 Å². The Kier molecular flexibility index (Phi) is 5.95. The third kappa shape index (κ3) is 4.59. The summed E-state index contributed by atoms with van der Waals surface area (Å²) in [4.78, 5) is 12.0. The lowest BCUT2D eigenvalue weighted by Gasteiger charge is -2.09. The molecule has 0 aliphatic rings. The molecule has 0 aromatic heterocycles.